The summed E-state index contributed by atoms with van der Waals surface area (Å²) in [5.74, 6) is 0. The van der Waals surface area contributed by atoms with Gasteiger partial charge in [-0.15, -0.1) is 0 Å². The molecule has 2 aromatic carbocycles. The molecular formula is C26H16ClN5O. The van der Waals surface area contributed by atoms with E-state index in [2.05, 4.69) is 26.2 Å². The van der Waals surface area contributed by atoms with Crippen molar-refractivity contribution in [3.05, 3.63) is 101 Å². The topological polar surface area (TPSA) is 87.3 Å². The molecule has 6 aromatic rings. The second kappa shape index (κ2) is 7.69. The summed E-state index contributed by atoms with van der Waals surface area (Å²) < 4.78 is 0. The van der Waals surface area contributed by atoms with Gasteiger partial charge in [0.25, 0.3) is 5.56 Å². The molecule has 6 nitrogen and oxygen atoms in total. The molecule has 0 aliphatic carbocycles. The van der Waals surface area contributed by atoms with Gasteiger partial charge in [0.05, 0.1) is 27.5 Å². The van der Waals surface area contributed by atoms with Gasteiger partial charge < -0.3 is 4.98 Å². The molecule has 6 rings (SSSR count). The number of fused-ring (bicyclic) bond motifs is 2. The molecule has 7 heteroatoms. The number of aromatic nitrogens is 5. The maximum atomic E-state index is 12.8. The van der Waals surface area contributed by atoms with Gasteiger partial charge in [0, 0.05) is 34.3 Å². The monoisotopic (exact) mass is 449 g/mol. The summed E-state index contributed by atoms with van der Waals surface area (Å²) in [5, 5.41) is 9.14. The van der Waals surface area contributed by atoms with Crippen LogP contribution in [0, 0.1) is 0 Å². The number of hydrogen-bond donors (Lipinski definition) is 2. The molecule has 0 spiro atoms. The predicted molar refractivity (Wildman–Crippen MR) is 131 cm³/mol. The Hall–Kier alpha value is -4.29. The lowest BCUT2D eigenvalue weighted by Gasteiger charge is -2.13. The lowest BCUT2D eigenvalue weighted by atomic mass is 9.96. The van der Waals surface area contributed by atoms with E-state index in [4.69, 9.17) is 16.6 Å². The van der Waals surface area contributed by atoms with Gasteiger partial charge in [-0.05, 0) is 42.0 Å². The van der Waals surface area contributed by atoms with Crippen molar-refractivity contribution in [2.75, 3.05) is 0 Å². The third-order valence-corrected chi connectivity index (χ3v) is 5.92. The maximum absolute atomic E-state index is 12.8. The lowest BCUT2D eigenvalue weighted by Crippen LogP contribution is -2.10. The normalized spacial score (nSPS) is 11.3. The summed E-state index contributed by atoms with van der Waals surface area (Å²) in [6.45, 7) is 0. The molecule has 0 saturated heterocycles. The molecule has 4 heterocycles. The number of nitrogens with zero attached hydrogens (tertiary/aromatic N) is 3. The molecule has 2 N–H and O–H groups in total. The van der Waals surface area contributed by atoms with Crippen LogP contribution >= 0.6 is 11.6 Å². The number of pyridine rings is 3. The molecule has 33 heavy (non-hydrogen) atoms. The summed E-state index contributed by atoms with van der Waals surface area (Å²) in [6.07, 6.45) is 3.35. The molecule has 0 atom stereocenters. The van der Waals surface area contributed by atoms with Crippen molar-refractivity contribution >= 4 is 33.5 Å². The summed E-state index contributed by atoms with van der Waals surface area (Å²) in [4.78, 5) is 25.0. The number of H-pyrrole nitrogens is 2. The van der Waals surface area contributed by atoms with Gasteiger partial charge in [-0.3, -0.25) is 14.9 Å². The first-order valence-corrected chi connectivity index (χ1v) is 10.7. The number of hydrogen-bond acceptors (Lipinski definition) is 4. The van der Waals surface area contributed by atoms with Crippen molar-refractivity contribution < 1.29 is 0 Å². The van der Waals surface area contributed by atoms with Crippen molar-refractivity contribution in [2.45, 2.75) is 0 Å². The molecule has 0 bridgehead atoms. The van der Waals surface area contributed by atoms with E-state index in [9.17, 15) is 4.79 Å². The SMILES string of the molecule is O=c1[nH]c2nc(-c3ccccc3)c(-c3cc(Cl)c4ncccc4c3)cc2cc1-c1ccn[nH]1. The second-order valence-corrected chi connectivity index (χ2v) is 8.11. The third-order valence-electron chi connectivity index (χ3n) is 5.64. The van der Waals surface area contributed by atoms with Crippen LogP contribution in [0.5, 0.6) is 0 Å². The molecule has 0 saturated carbocycles. The van der Waals surface area contributed by atoms with Gasteiger partial charge in [-0.2, -0.15) is 5.10 Å². The largest absolute Gasteiger partial charge is 0.306 e. The van der Waals surface area contributed by atoms with Crippen LogP contribution in [-0.2, 0) is 0 Å². The highest BCUT2D eigenvalue weighted by atomic mass is 35.5. The predicted octanol–water partition coefficient (Wildman–Crippen LogP) is 5.85. The van der Waals surface area contributed by atoms with E-state index in [-0.39, 0.29) is 5.56 Å². The van der Waals surface area contributed by atoms with Gasteiger partial charge in [-0.25, -0.2) is 4.98 Å². The minimum absolute atomic E-state index is 0.231. The van der Waals surface area contributed by atoms with E-state index in [1.54, 1.807) is 18.5 Å². The fourth-order valence-corrected chi connectivity index (χ4v) is 4.36. The first kappa shape index (κ1) is 19.4. The van der Waals surface area contributed by atoms with E-state index >= 15 is 0 Å². The standard InChI is InChI=1S/C26H16ClN5O/c27-21-14-17(11-16-7-4-9-28-24(16)21)19-12-18-13-20(22-8-10-29-32-22)26(33)31-25(18)30-23(19)15-5-2-1-3-6-15/h1-14H,(H,29,32)(H,30,31,33). The molecule has 158 valence electrons. The Bertz CT molecular complexity index is 1690. The quantitative estimate of drug-likeness (QED) is 0.355. The zero-order chi connectivity index (χ0) is 22.4. The Balaban J connectivity index is 1.66. The van der Waals surface area contributed by atoms with Crippen molar-refractivity contribution in [3.8, 4) is 33.6 Å². The smallest absolute Gasteiger partial charge is 0.259 e. The van der Waals surface area contributed by atoms with Crippen LogP contribution in [0.2, 0.25) is 5.02 Å². The first-order valence-electron chi connectivity index (χ1n) is 10.4. The molecule has 0 unspecified atom stereocenters. The number of nitrogens with one attached hydrogen (secondary N) is 2. The van der Waals surface area contributed by atoms with E-state index in [1.807, 2.05) is 60.7 Å². The van der Waals surface area contributed by atoms with Crippen molar-refractivity contribution in [2.24, 2.45) is 0 Å². The zero-order valence-corrected chi connectivity index (χ0v) is 18.0. The average molecular weight is 450 g/mol. The molecule has 0 amide bonds. The Kier molecular flexibility index (Phi) is 4.52. The first-order chi connectivity index (χ1) is 16.2. The van der Waals surface area contributed by atoms with Crippen molar-refractivity contribution in [1.82, 2.24) is 25.1 Å². The number of halogens is 1. The van der Waals surface area contributed by atoms with Gasteiger partial charge in [-0.1, -0.05) is 48.0 Å². The Morgan fingerprint density at radius 1 is 0.788 bits per heavy atom. The van der Waals surface area contributed by atoms with Crippen LogP contribution in [0.4, 0.5) is 0 Å². The van der Waals surface area contributed by atoms with E-state index in [1.165, 1.54) is 0 Å². The van der Waals surface area contributed by atoms with Gasteiger partial charge in [0.1, 0.15) is 5.65 Å². The second-order valence-electron chi connectivity index (χ2n) is 7.70. The zero-order valence-electron chi connectivity index (χ0n) is 17.2. The molecule has 4 aromatic heterocycles. The minimum Gasteiger partial charge on any atom is -0.306 e. The Labute approximate surface area is 192 Å². The van der Waals surface area contributed by atoms with Crippen LogP contribution in [0.3, 0.4) is 0 Å². The van der Waals surface area contributed by atoms with Crippen LogP contribution in [0.15, 0.2) is 90.0 Å². The highest BCUT2D eigenvalue weighted by molar-refractivity contribution is 6.35. The van der Waals surface area contributed by atoms with E-state index in [0.29, 0.717) is 21.9 Å². The molecule has 0 fully saturated rings. The fraction of sp³-hybridized carbons (Fsp3) is 0. The lowest BCUT2D eigenvalue weighted by molar-refractivity contribution is 1.09. The maximum Gasteiger partial charge on any atom is 0.259 e. The molecule has 0 aliphatic heterocycles. The molecule has 0 radical (unpaired) electrons. The Morgan fingerprint density at radius 2 is 1.64 bits per heavy atom. The van der Waals surface area contributed by atoms with Crippen LogP contribution in [-0.4, -0.2) is 25.1 Å². The number of aromatic amines is 2. The Morgan fingerprint density at radius 3 is 2.45 bits per heavy atom. The third kappa shape index (κ3) is 3.37. The van der Waals surface area contributed by atoms with E-state index < -0.39 is 0 Å². The highest BCUT2D eigenvalue weighted by Crippen LogP contribution is 2.36. The van der Waals surface area contributed by atoms with Crippen molar-refractivity contribution in [1.29, 1.82) is 0 Å². The van der Waals surface area contributed by atoms with Crippen LogP contribution in [0.25, 0.3) is 55.6 Å². The van der Waals surface area contributed by atoms with E-state index in [0.717, 1.165) is 38.7 Å². The molecular weight excluding hydrogens is 434 g/mol. The average Bonchev–Trinajstić information content (AvgIpc) is 3.38. The molecule has 0 aliphatic rings. The van der Waals surface area contributed by atoms with Gasteiger partial charge in [0.2, 0.25) is 0 Å². The highest BCUT2D eigenvalue weighted by Gasteiger charge is 2.16. The van der Waals surface area contributed by atoms with Crippen LogP contribution in [0.1, 0.15) is 0 Å². The number of benzene rings is 2. The number of rotatable bonds is 3. The fourth-order valence-electron chi connectivity index (χ4n) is 4.08. The summed E-state index contributed by atoms with van der Waals surface area (Å²) in [7, 11) is 0. The van der Waals surface area contributed by atoms with Crippen molar-refractivity contribution in [3.63, 3.8) is 0 Å². The minimum atomic E-state index is -0.231. The van der Waals surface area contributed by atoms with Gasteiger partial charge in [0.15, 0.2) is 0 Å². The summed E-state index contributed by atoms with van der Waals surface area (Å²) in [5.41, 5.74) is 5.70. The van der Waals surface area contributed by atoms with Crippen LogP contribution < -0.4 is 5.56 Å². The van der Waals surface area contributed by atoms with Gasteiger partial charge >= 0.3 is 0 Å². The summed E-state index contributed by atoms with van der Waals surface area (Å²) >= 11 is 6.60. The summed E-state index contributed by atoms with van der Waals surface area (Å²) in [6, 6.07) is 23.4.